The Morgan fingerprint density at radius 2 is 1.95 bits per heavy atom. The van der Waals surface area contributed by atoms with Gasteiger partial charge in [-0.3, -0.25) is 0 Å². The molecule has 1 aliphatic heterocycles. The minimum atomic E-state index is -1.11. The molecule has 5 N–H and O–H groups in total. The Kier molecular flexibility index (Phi) is 3.26. The lowest BCUT2D eigenvalue weighted by molar-refractivity contribution is -0.0262. The van der Waals surface area contributed by atoms with Gasteiger partial charge in [0.1, 0.15) is 36.3 Å². The molecule has 0 aliphatic carbocycles. The Morgan fingerprint density at radius 1 is 1.20 bits per heavy atom. The third-order valence-corrected chi connectivity index (χ3v) is 3.45. The van der Waals surface area contributed by atoms with Crippen LogP contribution in [0.25, 0.3) is 11.2 Å². The zero-order chi connectivity index (χ0) is 14.3. The maximum Gasteiger partial charge on any atom is 0.165 e. The van der Waals surface area contributed by atoms with E-state index in [1.807, 2.05) is 0 Å². The molecule has 0 bridgehead atoms. The van der Waals surface area contributed by atoms with E-state index in [2.05, 4.69) is 15.0 Å². The van der Waals surface area contributed by atoms with Gasteiger partial charge in [0.25, 0.3) is 0 Å². The van der Waals surface area contributed by atoms with Gasteiger partial charge in [0.05, 0.1) is 19.5 Å². The zero-order valence-corrected chi connectivity index (χ0v) is 10.5. The first-order valence-corrected chi connectivity index (χ1v) is 6.15. The Labute approximate surface area is 113 Å². The summed E-state index contributed by atoms with van der Waals surface area (Å²) in [7, 11) is 0. The molecule has 108 valence electrons. The number of imidazole rings is 1. The summed E-state index contributed by atoms with van der Waals surface area (Å²) in [5, 5.41) is 28.7. The van der Waals surface area contributed by atoms with Gasteiger partial charge < -0.3 is 30.4 Å². The van der Waals surface area contributed by atoms with Crippen molar-refractivity contribution in [1.82, 2.24) is 19.5 Å². The van der Waals surface area contributed by atoms with Gasteiger partial charge in [0.15, 0.2) is 11.5 Å². The lowest BCUT2D eigenvalue weighted by atomic mass is 10.1. The molecule has 20 heavy (non-hydrogen) atoms. The van der Waals surface area contributed by atoms with Crippen molar-refractivity contribution in [3.05, 3.63) is 12.7 Å². The van der Waals surface area contributed by atoms with Gasteiger partial charge in [-0.1, -0.05) is 0 Å². The molecular formula is C11H15N5O4. The van der Waals surface area contributed by atoms with E-state index < -0.39 is 24.4 Å². The molecule has 2 aromatic rings. The van der Waals surface area contributed by atoms with Crippen LogP contribution < -0.4 is 5.73 Å². The van der Waals surface area contributed by atoms with Gasteiger partial charge in [-0.15, -0.1) is 0 Å². The van der Waals surface area contributed by atoms with Crippen LogP contribution in [0, 0.1) is 0 Å². The van der Waals surface area contributed by atoms with E-state index in [1.165, 1.54) is 12.7 Å². The molecule has 0 unspecified atom stereocenters. The zero-order valence-electron chi connectivity index (χ0n) is 10.5. The van der Waals surface area contributed by atoms with Crippen LogP contribution in [-0.2, 0) is 11.3 Å². The molecular weight excluding hydrogens is 266 g/mol. The molecule has 9 nitrogen and oxygen atoms in total. The number of aliphatic hydroxyl groups excluding tert-OH is 3. The van der Waals surface area contributed by atoms with Crippen LogP contribution in [0.4, 0.5) is 5.82 Å². The lowest BCUT2D eigenvalue weighted by Crippen LogP contribution is -2.35. The van der Waals surface area contributed by atoms with Crippen LogP contribution in [0.15, 0.2) is 12.7 Å². The summed E-state index contributed by atoms with van der Waals surface area (Å²) < 4.78 is 7.07. The number of hydrogen-bond donors (Lipinski definition) is 4. The highest BCUT2D eigenvalue weighted by Gasteiger charge is 2.42. The normalized spacial score (nSPS) is 30.1. The number of fused-ring (bicyclic) bond motifs is 1. The molecule has 1 aliphatic rings. The van der Waals surface area contributed by atoms with Gasteiger partial charge in [-0.25, -0.2) is 15.0 Å². The quantitative estimate of drug-likeness (QED) is 0.501. The van der Waals surface area contributed by atoms with Gasteiger partial charge in [0.2, 0.25) is 0 Å². The third kappa shape index (κ3) is 2.00. The second-order valence-corrected chi connectivity index (χ2v) is 4.70. The molecule has 3 heterocycles. The summed E-state index contributed by atoms with van der Waals surface area (Å²) >= 11 is 0. The summed E-state index contributed by atoms with van der Waals surface area (Å²) in [5.74, 6) is 0.273. The van der Waals surface area contributed by atoms with E-state index in [0.717, 1.165) is 0 Å². The van der Waals surface area contributed by atoms with Crippen LogP contribution in [0.3, 0.4) is 0 Å². The number of rotatable bonds is 3. The number of anilines is 1. The summed E-state index contributed by atoms with van der Waals surface area (Å²) in [6, 6.07) is 0. The first-order chi connectivity index (χ1) is 9.61. The van der Waals surface area contributed by atoms with Crippen molar-refractivity contribution in [3.8, 4) is 0 Å². The smallest absolute Gasteiger partial charge is 0.165 e. The molecule has 0 saturated carbocycles. The third-order valence-electron chi connectivity index (χ3n) is 3.45. The Hall–Kier alpha value is -1.81. The van der Waals surface area contributed by atoms with Crippen molar-refractivity contribution in [2.24, 2.45) is 0 Å². The number of hydrogen-bond acceptors (Lipinski definition) is 8. The highest BCUT2D eigenvalue weighted by Crippen LogP contribution is 2.24. The van der Waals surface area contributed by atoms with Crippen LogP contribution in [0.2, 0.25) is 0 Å². The van der Waals surface area contributed by atoms with E-state index in [1.54, 1.807) is 4.57 Å². The topological polar surface area (TPSA) is 140 Å². The summed E-state index contributed by atoms with van der Waals surface area (Å²) in [4.78, 5) is 12.0. The number of ether oxygens (including phenoxy) is 1. The van der Waals surface area contributed by atoms with Crippen molar-refractivity contribution < 1.29 is 20.1 Å². The van der Waals surface area contributed by atoms with Crippen LogP contribution in [-0.4, -0.2) is 65.9 Å². The summed E-state index contributed by atoms with van der Waals surface area (Å²) in [5.41, 5.74) is 6.68. The first kappa shape index (κ1) is 13.2. The standard InChI is InChI=1S/C11H15N5O4/c12-10-7-11(14-3-13-10)16(4-15-7)1-5-8(18)9(19)6(2-17)20-5/h3-6,8-9,17-19H,1-2H2,(H2,12,13,14)/t5-,6+,8+,9+/m1/s1. The van der Waals surface area contributed by atoms with Gasteiger partial charge >= 0.3 is 0 Å². The maximum atomic E-state index is 9.91. The monoisotopic (exact) mass is 281 g/mol. The largest absolute Gasteiger partial charge is 0.394 e. The van der Waals surface area contributed by atoms with Crippen LogP contribution >= 0.6 is 0 Å². The van der Waals surface area contributed by atoms with Crippen molar-refractivity contribution >= 4 is 17.0 Å². The maximum absolute atomic E-state index is 9.91. The van der Waals surface area contributed by atoms with Crippen molar-refractivity contribution in [3.63, 3.8) is 0 Å². The Bertz CT molecular complexity index is 618. The molecule has 0 aromatic carbocycles. The fraction of sp³-hybridized carbons (Fsp3) is 0.545. The molecule has 0 amide bonds. The highest BCUT2D eigenvalue weighted by atomic mass is 16.6. The van der Waals surface area contributed by atoms with Gasteiger partial charge in [0, 0.05) is 0 Å². The summed E-state index contributed by atoms with van der Waals surface area (Å²) in [6.45, 7) is -0.115. The predicted molar refractivity (Wildman–Crippen MR) is 67.5 cm³/mol. The van der Waals surface area contributed by atoms with Crippen molar-refractivity contribution in [2.45, 2.75) is 31.0 Å². The molecule has 9 heteroatoms. The molecule has 0 spiro atoms. The molecule has 3 rings (SSSR count). The number of aromatic nitrogens is 4. The number of nitrogens with zero attached hydrogens (tertiary/aromatic N) is 4. The highest BCUT2D eigenvalue weighted by molar-refractivity contribution is 5.81. The average Bonchev–Trinajstić information content (AvgIpc) is 2.97. The lowest BCUT2D eigenvalue weighted by Gasteiger charge is -2.15. The molecule has 1 fully saturated rings. The molecule has 4 atom stereocenters. The number of nitrogens with two attached hydrogens (primary N) is 1. The first-order valence-electron chi connectivity index (χ1n) is 6.15. The van der Waals surface area contributed by atoms with Crippen molar-refractivity contribution in [2.75, 3.05) is 12.3 Å². The fourth-order valence-electron chi connectivity index (χ4n) is 2.35. The van der Waals surface area contributed by atoms with E-state index >= 15 is 0 Å². The minimum Gasteiger partial charge on any atom is -0.394 e. The van der Waals surface area contributed by atoms with E-state index in [-0.39, 0.29) is 19.0 Å². The second kappa shape index (κ2) is 4.94. The Morgan fingerprint density at radius 3 is 2.65 bits per heavy atom. The molecule has 1 saturated heterocycles. The second-order valence-electron chi connectivity index (χ2n) is 4.70. The van der Waals surface area contributed by atoms with Crippen molar-refractivity contribution in [1.29, 1.82) is 0 Å². The predicted octanol–water partition coefficient (Wildman–Crippen LogP) is -2.11. The van der Waals surface area contributed by atoms with E-state index in [9.17, 15) is 10.2 Å². The van der Waals surface area contributed by atoms with Gasteiger partial charge in [-0.05, 0) is 0 Å². The van der Waals surface area contributed by atoms with E-state index in [0.29, 0.717) is 11.2 Å². The minimum absolute atomic E-state index is 0.238. The molecule has 2 aromatic heterocycles. The molecule has 0 radical (unpaired) electrons. The van der Waals surface area contributed by atoms with Gasteiger partial charge in [-0.2, -0.15) is 0 Å². The number of nitrogen functional groups attached to an aromatic ring is 1. The van der Waals surface area contributed by atoms with Crippen LogP contribution in [0.1, 0.15) is 0 Å². The fourth-order valence-corrected chi connectivity index (χ4v) is 2.35. The SMILES string of the molecule is Nc1ncnc2c1ncn2C[C@H]1O[C@@H](CO)[C@H](O)[C@H]1O. The Balaban J connectivity index is 1.85. The van der Waals surface area contributed by atoms with Crippen LogP contribution in [0.5, 0.6) is 0 Å². The summed E-state index contributed by atoms with van der Waals surface area (Å²) in [6.07, 6.45) is -0.791. The van der Waals surface area contributed by atoms with E-state index in [4.69, 9.17) is 15.6 Å². The number of aliphatic hydroxyl groups is 3. The average molecular weight is 281 g/mol.